The van der Waals surface area contributed by atoms with Crippen LogP contribution in [-0.4, -0.2) is 23.7 Å². The molecule has 1 aromatic heterocycles. The van der Waals surface area contributed by atoms with Crippen LogP contribution < -0.4 is 10.2 Å². The van der Waals surface area contributed by atoms with E-state index in [1.54, 1.807) is 18.3 Å². The zero-order chi connectivity index (χ0) is 21.7. The maximum atomic E-state index is 12.3. The number of hydrogen-bond acceptors (Lipinski definition) is 3. The van der Waals surface area contributed by atoms with E-state index in [0.717, 1.165) is 35.2 Å². The number of carbonyl (C=O) groups excluding carboxylic acids is 1. The molecular formula is C26H33N3O2. The second-order valence-electron chi connectivity index (χ2n) is 7.84. The van der Waals surface area contributed by atoms with Gasteiger partial charge in [-0.05, 0) is 36.8 Å². The minimum Gasteiger partial charge on any atom is -0.494 e. The lowest BCUT2D eigenvalue weighted by atomic mass is 10.1. The van der Waals surface area contributed by atoms with Crippen molar-refractivity contribution >= 4 is 23.0 Å². The lowest BCUT2D eigenvalue weighted by Gasteiger charge is -2.07. The smallest absolute Gasteiger partial charge is 0.271 e. The summed E-state index contributed by atoms with van der Waals surface area (Å²) in [6, 6.07) is 15.2. The SMILES string of the molecule is CCCCCCCCCCOc1ccc(C(=O)N/N=C/c2c[nH]c3ccccc23)cc1. The van der Waals surface area contributed by atoms with Gasteiger partial charge in [-0.3, -0.25) is 4.79 Å². The molecular weight excluding hydrogens is 386 g/mol. The number of aromatic nitrogens is 1. The van der Waals surface area contributed by atoms with E-state index in [-0.39, 0.29) is 5.91 Å². The number of benzene rings is 2. The molecule has 0 aliphatic heterocycles. The zero-order valence-electron chi connectivity index (χ0n) is 18.4. The number of fused-ring (bicyclic) bond motifs is 1. The molecule has 5 nitrogen and oxygen atoms in total. The van der Waals surface area contributed by atoms with E-state index in [2.05, 4.69) is 22.4 Å². The average Bonchev–Trinajstić information content (AvgIpc) is 3.21. The maximum absolute atomic E-state index is 12.3. The first-order chi connectivity index (χ1) is 15.3. The molecule has 0 bridgehead atoms. The largest absolute Gasteiger partial charge is 0.494 e. The van der Waals surface area contributed by atoms with Crippen LogP contribution in [0.15, 0.2) is 59.8 Å². The molecule has 0 atom stereocenters. The standard InChI is InChI=1S/C26H33N3O2/c1-2-3-4-5-6-7-8-11-18-31-23-16-14-21(15-17-23)26(30)29-28-20-22-19-27-25-13-10-9-12-24(22)25/h9-10,12-17,19-20,27H,2-8,11,18H2,1H3,(H,29,30)/b28-20+. The molecule has 2 N–H and O–H groups in total. The van der Waals surface area contributed by atoms with Gasteiger partial charge in [0.25, 0.3) is 5.91 Å². The first-order valence-electron chi connectivity index (χ1n) is 11.4. The number of unbranched alkanes of at least 4 members (excludes halogenated alkanes) is 7. The van der Waals surface area contributed by atoms with Crippen molar-refractivity contribution in [2.45, 2.75) is 58.3 Å². The summed E-state index contributed by atoms with van der Waals surface area (Å²) in [6.07, 6.45) is 13.8. The molecule has 3 aromatic rings. The molecule has 0 unspecified atom stereocenters. The topological polar surface area (TPSA) is 66.5 Å². The van der Waals surface area contributed by atoms with Crippen LogP contribution in [-0.2, 0) is 0 Å². The summed E-state index contributed by atoms with van der Waals surface area (Å²) in [5.41, 5.74) is 5.10. The number of para-hydroxylation sites is 1. The van der Waals surface area contributed by atoms with Crippen molar-refractivity contribution in [3.05, 3.63) is 65.9 Å². The van der Waals surface area contributed by atoms with Gasteiger partial charge >= 0.3 is 0 Å². The van der Waals surface area contributed by atoms with E-state index in [9.17, 15) is 4.79 Å². The number of nitrogens with one attached hydrogen (secondary N) is 2. The molecule has 0 radical (unpaired) electrons. The molecule has 0 saturated carbocycles. The molecule has 0 aliphatic rings. The molecule has 3 rings (SSSR count). The Morgan fingerprint density at radius 3 is 2.45 bits per heavy atom. The van der Waals surface area contributed by atoms with Crippen molar-refractivity contribution in [3.8, 4) is 5.75 Å². The van der Waals surface area contributed by atoms with Gasteiger partial charge in [0.05, 0.1) is 12.8 Å². The minimum atomic E-state index is -0.245. The molecule has 0 saturated heterocycles. The Labute approximate surface area is 184 Å². The summed E-state index contributed by atoms with van der Waals surface area (Å²) >= 11 is 0. The van der Waals surface area contributed by atoms with E-state index in [1.165, 1.54) is 44.9 Å². The molecule has 0 aliphatic carbocycles. The summed E-state index contributed by atoms with van der Waals surface area (Å²) in [4.78, 5) is 15.5. The van der Waals surface area contributed by atoms with Crippen molar-refractivity contribution < 1.29 is 9.53 Å². The number of hydrazone groups is 1. The molecule has 5 heteroatoms. The van der Waals surface area contributed by atoms with Gasteiger partial charge in [0.2, 0.25) is 0 Å². The van der Waals surface area contributed by atoms with Gasteiger partial charge in [-0.1, -0.05) is 70.1 Å². The quantitative estimate of drug-likeness (QED) is 0.190. The van der Waals surface area contributed by atoms with Crippen molar-refractivity contribution in [1.29, 1.82) is 0 Å². The van der Waals surface area contributed by atoms with Crippen LogP contribution >= 0.6 is 0 Å². The fraction of sp³-hybridized carbons (Fsp3) is 0.385. The number of nitrogens with zero attached hydrogens (tertiary/aromatic N) is 1. The van der Waals surface area contributed by atoms with E-state index in [1.807, 2.05) is 42.6 Å². The number of hydrogen-bond donors (Lipinski definition) is 2. The second kappa shape index (κ2) is 12.6. The molecule has 1 heterocycles. The Bertz CT molecular complexity index is 960. The fourth-order valence-corrected chi connectivity index (χ4v) is 3.55. The van der Waals surface area contributed by atoms with Crippen molar-refractivity contribution in [1.82, 2.24) is 10.4 Å². The third-order valence-corrected chi connectivity index (χ3v) is 5.37. The normalized spacial score (nSPS) is 11.3. The number of rotatable bonds is 13. The Hall–Kier alpha value is -3.08. The number of ether oxygens (including phenoxy) is 1. The lowest BCUT2D eigenvalue weighted by molar-refractivity contribution is 0.0955. The molecule has 31 heavy (non-hydrogen) atoms. The number of carbonyl (C=O) groups is 1. The number of H-pyrrole nitrogens is 1. The van der Waals surface area contributed by atoms with E-state index < -0.39 is 0 Å². The van der Waals surface area contributed by atoms with Crippen LogP contribution in [0.3, 0.4) is 0 Å². The Morgan fingerprint density at radius 1 is 0.968 bits per heavy atom. The van der Waals surface area contributed by atoms with Gasteiger partial charge in [0, 0.05) is 28.2 Å². The summed E-state index contributed by atoms with van der Waals surface area (Å²) in [5.74, 6) is 0.549. The first kappa shape index (κ1) is 22.6. The van der Waals surface area contributed by atoms with Gasteiger partial charge < -0.3 is 9.72 Å². The van der Waals surface area contributed by atoms with Gasteiger partial charge in [0.15, 0.2) is 0 Å². The Balaban J connectivity index is 1.36. The van der Waals surface area contributed by atoms with E-state index in [0.29, 0.717) is 5.56 Å². The highest BCUT2D eigenvalue weighted by Gasteiger charge is 2.05. The van der Waals surface area contributed by atoms with Crippen molar-refractivity contribution in [2.24, 2.45) is 5.10 Å². The zero-order valence-corrected chi connectivity index (χ0v) is 18.4. The third kappa shape index (κ3) is 7.28. The van der Waals surface area contributed by atoms with Crippen molar-refractivity contribution in [2.75, 3.05) is 6.61 Å². The van der Waals surface area contributed by atoms with E-state index in [4.69, 9.17) is 4.74 Å². The predicted octanol–water partition coefficient (Wildman–Crippen LogP) is 6.45. The molecule has 1 amide bonds. The highest BCUT2D eigenvalue weighted by atomic mass is 16.5. The first-order valence-corrected chi connectivity index (χ1v) is 11.4. The number of amides is 1. The lowest BCUT2D eigenvalue weighted by Crippen LogP contribution is -2.17. The van der Waals surface area contributed by atoms with Crippen LogP contribution in [0.4, 0.5) is 0 Å². The van der Waals surface area contributed by atoms with Crippen molar-refractivity contribution in [3.63, 3.8) is 0 Å². The van der Waals surface area contributed by atoms with Crippen LogP contribution in [0.5, 0.6) is 5.75 Å². The summed E-state index contributed by atoms with van der Waals surface area (Å²) in [6.45, 7) is 2.96. The highest BCUT2D eigenvalue weighted by Crippen LogP contribution is 2.16. The highest BCUT2D eigenvalue weighted by molar-refractivity contribution is 6.00. The second-order valence-corrected chi connectivity index (χ2v) is 7.84. The average molecular weight is 420 g/mol. The molecule has 164 valence electrons. The summed E-state index contributed by atoms with van der Waals surface area (Å²) < 4.78 is 5.79. The van der Waals surface area contributed by atoms with Gasteiger partial charge in [-0.25, -0.2) is 5.43 Å². The van der Waals surface area contributed by atoms with Crippen LogP contribution in [0.2, 0.25) is 0 Å². The monoisotopic (exact) mass is 419 g/mol. The van der Waals surface area contributed by atoms with Crippen LogP contribution in [0.25, 0.3) is 10.9 Å². The summed E-state index contributed by atoms with van der Waals surface area (Å²) in [7, 11) is 0. The summed E-state index contributed by atoms with van der Waals surface area (Å²) in [5, 5.41) is 5.16. The van der Waals surface area contributed by atoms with Crippen LogP contribution in [0.1, 0.15) is 74.2 Å². The van der Waals surface area contributed by atoms with Crippen LogP contribution in [0, 0.1) is 0 Å². The fourth-order valence-electron chi connectivity index (χ4n) is 3.55. The van der Waals surface area contributed by atoms with E-state index >= 15 is 0 Å². The molecule has 0 spiro atoms. The minimum absolute atomic E-state index is 0.245. The molecule has 2 aromatic carbocycles. The molecule has 0 fully saturated rings. The van der Waals surface area contributed by atoms with Gasteiger partial charge in [-0.15, -0.1) is 0 Å². The Morgan fingerprint density at radius 2 is 1.68 bits per heavy atom. The number of aromatic amines is 1. The predicted molar refractivity (Wildman–Crippen MR) is 128 cm³/mol. The third-order valence-electron chi connectivity index (χ3n) is 5.37. The maximum Gasteiger partial charge on any atom is 0.271 e. The van der Waals surface area contributed by atoms with Gasteiger partial charge in [0.1, 0.15) is 5.75 Å². The van der Waals surface area contributed by atoms with Gasteiger partial charge in [-0.2, -0.15) is 5.10 Å². The Kier molecular flexibility index (Phi) is 9.17.